The first kappa shape index (κ1) is 23.0. The molecule has 8 nitrogen and oxygen atoms in total. The highest BCUT2D eigenvalue weighted by molar-refractivity contribution is 6.30. The third-order valence-electron chi connectivity index (χ3n) is 7.58. The van der Waals surface area contributed by atoms with Gasteiger partial charge in [0.25, 0.3) is 0 Å². The van der Waals surface area contributed by atoms with Gasteiger partial charge in [-0.1, -0.05) is 25.4 Å². The molecule has 4 rings (SSSR count). The smallest absolute Gasteiger partial charge is 0.250 e. The fourth-order valence-electron chi connectivity index (χ4n) is 6.06. The number of benzene rings is 1. The molecule has 3 fully saturated rings. The van der Waals surface area contributed by atoms with E-state index in [1.165, 1.54) is 4.90 Å². The van der Waals surface area contributed by atoms with Gasteiger partial charge in [0.2, 0.25) is 17.7 Å². The molecular formula is C23H30ClN3O5. The van der Waals surface area contributed by atoms with Crippen molar-refractivity contribution in [1.82, 2.24) is 10.2 Å². The number of carbonyl (C=O) groups excluding carboxylic acids is 3. The SMILES string of the molecule is CC[C@@H](CO)N1C(=O)[C@@H]2[C@@H](C(=O)NC)[C@@]3(CC)CCC2(O3)C1C(=O)Nc1ccc(Cl)cc1. The van der Waals surface area contributed by atoms with Crippen molar-refractivity contribution in [2.24, 2.45) is 11.8 Å². The van der Waals surface area contributed by atoms with E-state index in [0.717, 1.165) is 0 Å². The molecule has 0 radical (unpaired) electrons. The number of fused-ring (bicyclic) bond motifs is 1. The molecule has 32 heavy (non-hydrogen) atoms. The molecule has 9 heteroatoms. The van der Waals surface area contributed by atoms with Gasteiger partial charge in [-0.15, -0.1) is 0 Å². The monoisotopic (exact) mass is 463 g/mol. The van der Waals surface area contributed by atoms with Crippen molar-refractivity contribution in [1.29, 1.82) is 0 Å². The van der Waals surface area contributed by atoms with Crippen molar-refractivity contribution < 1.29 is 24.2 Å². The molecule has 174 valence electrons. The van der Waals surface area contributed by atoms with E-state index in [2.05, 4.69) is 10.6 Å². The van der Waals surface area contributed by atoms with Crippen LogP contribution in [0.4, 0.5) is 5.69 Å². The Bertz CT molecular complexity index is 921. The number of hydrogen-bond acceptors (Lipinski definition) is 5. The van der Waals surface area contributed by atoms with E-state index >= 15 is 0 Å². The van der Waals surface area contributed by atoms with Gasteiger partial charge in [0.1, 0.15) is 11.6 Å². The normalized spacial score (nSPS) is 33.8. The van der Waals surface area contributed by atoms with Crippen LogP contribution in [0.5, 0.6) is 0 Å². The molecular weight excluding hydrogens is 434 g/mol. The summed E-state index contributed by atoms with van der Waals surface area (Å²) in [7, 11) is 1.55. The van der Waals surface area contributed by atoms with Crippen LogP contribution in [0.2, 0.25) is 5.02 Å². The van der Waals surface area contributed by atoms with E-state index in [0.29, 0.717) is 36.4 Å². The Hall–Kier alpha value is -2.16. The number of likely N-dealkylation sites (tertiary alicyclic amines) is 1. The minimum absolute atomic E-state index is 0.248. The first-order chi connectivity index (χ1) is 15.3. The first-order valence-corrected chi connectivity index (χ1v) is 11.6. The topological polar surface area (TPSA) is 108 Å². The van der Waals surface area contributed by atoms with Gasteiger partial charge in [0.15, 0.2) is 0 Å². The molecule has 3 N–H and O–H groups in total. The highest BCUT2D eigenvalue weighted by atomic mass is 35.5. The van der Waals surface area contributed by atoms with Gasteiger partial charge >= 0.3 is 0 Å². The number of ether oxygens (including phenoxy) is 1. The van der Waals surface area contributed by atoms with E-state index in [-0.39, 0.29) is 24.3 Å². The second-order valence-corrected chi connectivity index (χ2v) is 9.37. The van der Waals surface area contributed by atoms with E-state index in [4.69, 9.17) is 16.3 Å². The molecule has 2 unspecified atom stereocenters. The summed E-state index contributed by atoms with van der Waals surface area (Å²) < 4.78 is 6.60. The van der Waals surface area contributed by atoms with E-state index < -0.39 is 35.1 Å². The van der Waals surface area contributed by atoms with Crippen LogP contribution in [-0.2, 0) is 19.1 Å². The van der Waals surface area contributed by atoms with E-state index in [1.54, 1.807) is 31.3 Å². The average molecular weight is 464 g/mol. The Morgan fingerprint density at radius 1 is 1.25 bits per heavy atom. The summed E-state index contributed by atoms with van der Waals surface area (Å²) in [5.74, 6) is -2.38. The van der Waals surface area contributed by atoms with Crippen LogP contribution in [0.1, 0.15) is 39.5 Å². The molecule has 3 aliphatic heterocycles. The predicted octanol–water partition coefficient (Wildman–Crippen LogP) is 1.95. The average Bonchev–Trinajstić information content (AvgIpc) is 3.40. The fourth-order valence-corrected chi connectivity index (χ4v) is 6.19. The van der Waals surface area contributed by atoms with Gasteiger partial charge in [-0.25, -0.2) is 0 Å². The second-order valence-electron chi connectivity index (χ2n) is 8.93. The summed E-state index contributed by atoms with van der Waals surface area (Å²) >= 11 is 5.96. The fraction of sp³-hybridized carbons (Fsp3) is 0.609. The quantitative estimate of drug-likeness (QED) is 0.572. The summed E-state index contributed by atoms with van der Waals surface area (Å²) in [6, 6.07) is 5.22. The van der Waals surface area contributed by atoms with E-state index in [9.17, 15) is 19.5 Å². The van der Waals surface area contributed by atoms with Gasteiger partial charge in [-0.05, 0) is 49.9 Å². The lowest BCUT2D eigenvalue weighted by Crippen LogP contribution is -2.56. The molecule has 0 saturated carbocycles. The molecule has 2 bridgehead atoms. The Morgan fingerprint density at radius 2 is 1.94 bits per heavy atom. The van der Waals surface area contributed by atoms with Crippen molar-refractivity contribution in [2.45, 2.75) is 62.8 Å². The zero-order valence-corrected chi connectivity index (χ0v) is 19.3. The maximum atomic E-state index is 13.8. The molecule has 3 saturated heterocycles. The van der Waals surface area contributed by atoms with Crippen LogP contribution < -0.4 is 10.6 Å². The van der Waals surface area contributed by atoms with E-state index in [1.807, 2.05) is 13.8 Å². The van der Waals surface area contributed by atoms with Gasteiger partial charge in [0, 0.05) is 17.8 Å². The third-order valence-corrected chi connectivity index (χ3v) is 7.84. The molecule has 1 aromatic carbocycles. The van der Waals surface area contributed by atoms with Gasteiger partial charge in [0.05, 0.1) is 30.1 Å². The van der Waals surface area contributed by atoms with Crippen molar-refractivity contribution in [3.05, 3.63) is 29.3 Å². The van der Waals surface area contributed by atoms with Crippen LogP contribution >= 0.6 is 11.6 Å². The standard InChI is InChI=1S/C23H30ClN3O5/c1-4-15(12-28)27-18(20(30)26-14-8-6-13(24)7-9-14)23-11-10-22(5-2,32-23)16(19(29)25-3)17(23)21(27)31/h6-9,15-18,28H,4-5,10-12H2,1-3H3,(H,25,29)(H,26,30)/t15-,16-,17-,18?,22+,23?/m0/s1. The first-order valence-electron chi connectivity index (χ1n) is 11.2. The molecule has 0 aliphatic carbocycles. The zero-order chi connectivity index (χ0) is 23.3. The summed E-state index contributed by atoms with van der Waals surface area (Å²) in [5.41, 5.74) is -1.33. The van der Waals surface area contributed by atoms with Crippen LogP contribution in [0.15, 0.2) is 24.3 Å². The van der Waals surface area contributed by atoms with Crippen LogP contribution in [0.25, 0.3) is 0 Å². The van der Waals surface area contributed by atoms with Crippen molar-refractivity contribution in [2.75, 3.05) is 19.0 Å². The van der Waals surface area contributed by atoms with Gasteiger partial charge in [-0.3, -0.25) is 14.4 Å². The maximum Gasteiger partial charge on any atom is 0.250 e. The molecule has 6 atom stereocenters. The Labute approximate surface area is 192 Å². The Kier molecular flexibility index (Phi) is 5.98. The summed E-state index contributed by atoms with van der Waals surface area (Å²) in [6.45, 7) is 3.53. The number of aliphatic hydroxyl groups is 1. The lowest BCUT2D eigenvalue weighted by atomic mass is 9.65. The lowest BCUT2D eigenvalue weighted by Gasteiger charge is -2.37. The highest BCUT2D eigenvalue weighted by Crippen LogP contribution is 2.64. The van der Waals surface area contributed by atoms with Gasteiger partial charge in [-0.2, -0.15) is 0 Å². The third kappa shape index (κ3) is 3.15. The zero-order valence-electron chi connectivity index (χ0n) is 18.6. The van der Waals surface area contributed by atoms with Crippen molar-refractivity contribution >= 4 is 35.0 Å². The molecule has 3 aliphatic rings. The highest BCUT2D eigenvalue weighted by Gasteiger charge is 2.79. The number of halogens is 1. The summed E-state index contributed by atoms with van der Waals surface area (Å²) in [4.78, 5) is 41.9. The minimum atomic E-state index is -1.11. The molecule has 3 amide bonds. The number of carbonyl (C=O) groups is 3. The largest absolute Gasteiger partial charge is 0.394 e. The number of nitrogens with one attached hydrogen (secondary N) is 2. The molecule has 0 aromatic heterocycles. The predicted molar refractivity (Wildman–Crippen MR) is 119 cm³/mol. The number of anilines is 1. The van der Waals surface area contributed by atoms with Crippen molar-refractivity contribution in [3.63, 3.8) is 0 Å². The summed E-state index contributed by atoms with van der Waals surface area (Å²) in [6.07, 6.45) is 2.14. The Balaban J connectivity index is 1.79. The number of rotatable bonds is 7. The number of hydrogen-bond donors (Lipinski definition) is 3. The van der Waals surface area contributed by atoms with Crippen molar-refractivity contribution in [3.8, 4) is 0 Å². The lowest BCUT2D eigenvalue weighted by molar-refractivity contribution is -0.149. The van der Waals surface area contributed by atoms with Crippen LogP contribution in [-0.4, -0.2) is 64.7 Å². The van der Waals surface area contributed by atoms with Crippen LogP contribution in [0, 0.1) is 11.8 Å². The van der Waals surface area contributed by atoms with Crippen LogP contribution in [0.3, 0.4) is 0 Å². The number of amides is 3. The van der Waals surface area contributed by atoms with Gasteiger partial charge < -0.3 is 25.4 Å². The second kappa shape index (κ2) is 8.32. The molecule has 1 spiro atoms. The molecule has 3 heterocycles. The number of aliphatic hydroxyl groups excluding tert-OH is 1. The minimum Gasteiger partial charge on any atom is -0.394 e. The summed E-state index contributed by atoms with van der Waals surface area (Å²) in [5, 5.41) is 16.1. The Morgan fingerprint density at radius 3 is 2.50 bits per heavy atom. The molecule has 1 aromatic rings. The number of nitrogens with zero attached hydrogens (tertiary/aromatic N) is 1. The maximum absolute atomic E-state index is 13.8.